The van der Waals surface area contributed by atoms with E-state index in [-0.39, 0.29) is 22.1 Å². The van der Waals surface area contributed by atoms with Crippen LogP contribution < -0.4 is 0 Å². The van der Waals surface area contributed by atoms with Gasteiger partial charge in [-0.1, -0.05) is 30.9 Å². The molecule has 0 bridgehead atoms. The molecule has 0 unspecified atom stereocenters. The van der Waals surface area contributed by atoms with Crippen LogP contribution >= 0.6 is 11.8 Å². The summed E-state index contributed by atoms with van der Waals surface area (Å²) in [7, 11) is 0. The second-order valence-electron chi connectivity index (χ2n) is 5.19. The van der Waals surface area contributed by atoms with Crippen molar-refractivity contribution in [3.63, 3.8) is 0 Å². The van der Waals surface area contributed by atoms with Crippen LogP contribution in [0.3, 0.4) is 0 Å². The van der Waals surface area contributed by atoms with E-state index in [1.54, 1.807) is 6.07 Å². The minimum absolute atomic E-state index is 0.0950. The molecule has 0 aliphatic heterocycles. The average Bonchev–Trinajstić information content (AvgIpc) is 2.23. The summed E-state index contributed by atoms with van der Waals surface area (Å²) in [5, 5.41) is 0. The molecule has 0 spiro atoms. The third kappa shape index (κ3) is 5.61. The number of aryl methyl sites for hydroxylation is 1. The minimum atomic E-state index is -4.29. The Morgan fingerprint density at radius 3 is 2.26 bits per heavy atom. The molecule has 0 aliphatic rings. The first kappa shape index (κ1) is 16.0. The Morgan fingerprint density at radius 2 is 1.79 bits per heavy atom. The molecular formula is C15H17F3S. The smallest absolute Gasteiger partial charge is 0.160 e. The summed E-state index contributed by atoms with van der Waals surface area (Å²) in [4.78, 5) is 0.184. The van der Waals surface area contributed by atoms with Crippen LogP contribution in [0, 0.1) is 17.3 Å². The number of rotatable bonds is 2. The molecule has 0 saturated carbocycles. The van der Waals surface area contributed by atoms with Gasteiger partial charge in [0.25, 0.3) is 0 Å². The zero-order valence-corrected chi connectivity index (χ0v) is 12.3. The monoisotopic (exact) mass is 286 g/mol. The van der Waals surface area contributed by atoms with Gasteiger partial charge in [-0.2, -0.15) is 13.2 Å². The average molecular weight is 286 g/mol. The fraction of sp³-hybridized carbons (Fsp3) is 0.467. The molecule has 4 heteroatoms. The first-order valence-electron chi connectivity index (χ1n) is 6.03. The van der Waals surface area contributed by atoms with Gasteiger partial charge in [0.15, 0.2) is 0 Å². The molecule has 0 radical (unpaired) electrons. The lowest BCUT2D eigenvalue weighted by atomic mass is 9.96. The van der Waals surface area contributed by atoms with E-state index in [4.69, 9.17) is 0 Å². The Balaban J connectivity index is 3.27. The van der Waals surface area contributed by atoms with Crippen molar-refractivity contribution in [1.82, 2.24) is 0 Å². The number of hydrogen-bond donors (Lipinski definition) is 0. The number of alkyl halides is 3. The molecule has 104 valence electrons. The summed E-state index contributed by atoms with van der Waals surface area (Å²) < 4.78 is 37.6. The highest BCUT2D eigenvalue weighted by atomic mass is 32.2. The van der Waals surface area contributed by atoms with Crippen LogP contribution in [0.4, 0.5) is 13.2 Å². The van der Waals surface area contributed by atoms with E-state index in [9.17, 15) is 13.2 Å². The summed E-state index contributed by atoms with van der Waals surface area (Å²) in [6.07, 6.45) is 0.667. The van der Waals surface area contributed by atoms with Crippen LogP contribution in [0.15, 0.2) is 23.1 Å². The van der Waals surface area contributed by atoms with Crippen LogP contribution in [0.5, 0.6) is 0 Å². The van der Waals surface area contributed by atoms with Gasteiger partial charge in [0.05, 0.1) is 0 Å². The second kappa shape index (κ2) is 5.92. The highest BCUT2D eigenvalue weighted by molar-refractivity contribution is 8.00. The summed E-state index contributed by atoms with van der Waals surface area (Å²) in [5.41, 5.74) is -3.17. The Morgan fingerprint density at radius 1 is 1.16 bits per heavy atom. The predicted molar refractivity (Wildman–Crippen MR) is 74.1 cm³/mol. The van der Waals surface area contributed by atoms with Gasteiger partial charge >= 0.3 is 5.51 Å². The molecule has 0 amide bonds. The third-order valence-electron chi connectivity index (χ3n) is 2.28. The normalized spacial score (nSPS) is 11.9. The fourth-order valence-electron chi connectivity index (χ4n) is 1.47. The van der Waals surface area contributed by atoms with Gasteiger partial charge in [-0.05, 0) is 50.6 Å². The van der Waals surface area contributed by atoms with Crippen LogP contribution in [-0.2, 0) is 6.42 Å². The van der Waals surface area contributed by atoms with E-state index < -0.39 is 5.51 Å². The molecule has 19 heavy (non-hydrogen) atoms. The highest BCUT2D eigenvalue weighted by Gasteiger charge is 2.30. The van der Waals surface area contributed by atoms with Crippen molar-refractivity contribution in [2.24, 2.45) is 5.41 Å². The zero-order chi connectivity index (χ0) is 14.7. The Bertz CT molecular complexity index is 499. The van der Waals surface area contributed by atoms with Crippen molar-refractivity contribution in [1.29, 1.82) is 0 Å². The molecule has 0 saturated heterocycles. The molecule has 0 heterocycles. The van der Waals surface area contributed by atoms with Crippen LogP contribution in [0.1, 0.15) is 38.8 Å². The van der Waals surface area contributed by atoms with Crippen molar-refractivity contribution in [3.05, 3.63) is 29.3 Å². The van der Waals surface area contributed by atoms with Gasteiger partial charge in [-0.25, -0.2) is 0 Å². The second-order valence-corrected chi connectivity index (χ2v) is 6.30. The van der Waals surface area contributed by atoms with E-state index in [1.807, 2.05) is 33.8 Å². The standard InChI is InChI=1S/C15H17F3S/c1-5-11-7-6-8-13(19-15(16,17)18)12(11)9-10-14(2,3)4/h6-8H,5H2,1-4H3. The van der Waals surface area contributed by atoms with Gasteiger partial charge in [0.1, 0.15) is 0 Å². The molecule has 0 N–H and O–H groups in total. The maximum Gasteiger partial charge on any atom is 0.446 e. The zero-order valence-electron chi connectivity index (χ0n) is 11.5. The molecule has 0 atom stereocenters. The molecule has 0 fully saturated rings. The predicted octanol–water partition coefficient (Wildman–Crippen LogP) is 5.26. The van der Waals surface area contributed by atoms with Gasteiger partial charge in [-0.15, -0.1) is 0 Å². The summed E-state index contributed by atoms with van der Waals surface area (Å²) >= 11 is -0.0950. The number of halogens is 3. The molecule has 0 aliphatic carbocycles. The summed E-state index contributed by atoms with van der Waals surface area (Å²) in [6, 6.07) is 4.95. The summed E-state index contributed by atoms with van der Waals surface area (Å²) in [6.45, 7) is 7.72. The van der Waals surface area contributed by atoms with E-state index in [1.165, 1.54) is 6.07 Å². The summed E-state index contributed by atoms with van der Waals surface area (Å²) in [5.74, 6) is 5.93. The molecule has 1 aromatic rings. The largest absolute Gasteiger partial charge is 0.446 e. The molecular weight excluding hydrogens is 269 g/mol. The van der Waals surface area contributed by atoms with E-state index >= 15 is 0 Å². The molecule has 1 aromatic carbocycles. The Hall–Kier alpha value is -1.08. The number of thioether (sulfide) groups is 1. The van der Waals surface area contributed by atoms with Gasteiger partial charge in [-0.3, -0.25) is 0 Å². The first-order chi connectivity index (χ1) is 8.62. The van der Waals surface area contributed by atoms with Crippen LogP contribution in [0.2, 0.25) is 0 Å². The molecule has 0 aromatic heterocycles. The van der Waals surface area contributed by atoms with Crippen molar-refractivity contribution in [2.75, 3.05) is 0 Å². The maximum atomic E-state index is 12.5. The minimum Gasteiger partial charge on any atom is -0.160 e. The van der Waals surface area contributed by atoms with E-state index in [2.05, 4.69) is 11.8 Å². The fourth-order valence-corrected chi connectivity index (χ4v) is 2.15. The van der Waals surface area contributed by atoms with Gasteiger partial charge < -0.3 is 0 Å². The molecule has 0 nitrogen and oxygen atoms in total. The van der Waals surface area contributed by atoms with Crippen molar-refractivity contribution in [2.45, 2.75) is 44.5 Å². The molecule has 1 rings (SSSR count). The highest BCUT2D eigenvalue weighted by Crippen LogP contribution is 2.39. The van der Waals surface area contributed by atoms with Crippen molar-refractivity contribution < 1.29 is 13.2 Å². The topological polar surface area (TPSA) is 0 Å². The lowest BCUT2D eigenvalue weighted by molar-refractivity contribution is -0.0328. The van der Waals surface area contributed by atoms with E-state index in [0.717, 1.165) is 5.56 Å². The lowest BCUT2D eigenvalue weighted by Gasteiger charge is -2.12. The van der Waals surface area contributed by atoms with E-state index in [0.29, 0.717) is 12.0 Å². The quantitative estimate of drug-likeness (QED) is 0.528. The van der Waals surface area contributed by atoms with Crippen LogP contribution in [0.25, 0.3) is 0 Å². The van der Waals surface area contributed by atoms with Crippen LogP contribution in [-0.4, -0.2) is 5.51 Å². The van der Waals surface area contributed by atoms with Gasteiger partial charge in [0.2, 0.25) is 0 Å². The van der Waals surface area contributed by atoms with Crippen molar-refractivity contribution >= 4 is 11.8 Å². The Kier molecular flexibility index (Phi) is 4.98. The number of hydrogen-bond acceptors (Lipinski definition) is 1. The SMILES string of the molecule is CCc1cccc(SC(F)(F)F)c1C#CC(C)(C)C. The first-order valence-corrected chi connectivity index (χ1v) is 6.85. The maximum absolute atomic E-state index is 12.5. The number of benzene rings is 1. The van der Waals surface area contributed by atoms with Gasteiger partial charge in [0, 0.05) is 15.9 Å². The third-order valence-corrected chi connectivity index (χ3v) is 3.07. The lowest BCUT2D eigenvalue weighted by Crippen LogP contribution is -2.03. The van der Waals surface area contributed by atoms with Crippen molar-refractivity contribution in [3.8, 4) is 11.8 Å². The Labute approximate surface area is 116 Å².